The van der Waals surface area contributed by atoms with Gasteiger partial charge in [-0.1, -0.05) is 27.7 Å². The molecule has 10 nitrogen and oxygen atoms in total. The minimum atomic E-state index is -3.46. The second-order valence-corrected chi connectivity index (χ2v) is 7.61. The summed E-state index contributed by atoms with van der Waals surface area (Å²) in [5.74, 6) is -7.83. The lowest BCUT2D eigenvalue weighted by atomic mass is 9.83. The van der Waals surface area contributed by atoms with Crippen LogP contribution >= 0.6 is 0 Å². The van der Waals surface area contributed by atoms with Crippen molar-refractivity contribution >= 4 is 11.9 Å². The van der Waals surface area contributed by atoms with Gasteiger partial charge in [0.05, 0.1) is 0 Å². The lowest BCUT2D eigenvalue weighted by molar-refractivity contribution is -0.403. The van der Waals surface area contributed by atoms with Crippen LogP contribution in [-0.2, 0) is 24.0 Å². The Morgan fingerprint density at radius 1 is 1.23 bits per heavy atom. The maximum Gasteiger partial charge on any atom is 0.517 e. The summed E-state index contributed by atoms with van der Waals surface area (Å²) in [5.41, 5.74) is 0.0417. The summed E-state index contributed by atoms with van der Waals surface area (Å²) >= 11 is 0. The smallest absolute Gasteiger partial charge is 0.376 e. The van der Waals surface area contributed by atoms with Crippen LogP contribution in [0.5, 0.6) is 0 Å². The van der Waals surface area contributed by atoms with Gasteiger partial charge in [-0.15, -0.1) is 0 Å². The van der Waals surface area contributed by atoms with Crippen molar-refractivity contribution in [2.75, 3.05) is 0 Å². The largest absolute Gasteiger partial charge is 0.517 e. The molecule has 4 N–H and O–H groups in total. The van der Waals surface area contributed by atoms with Gasteiger partial charge in [0, 0.05) is 6.42 Å². The molecule has 1 rings (SSSR count). The summed E-state index contributed by atoms with van der Waals surface area (Å²) in [5, 5.41) is 38.7. The number of ether oxygens (including phenoxy) is 2. The van der Waals surface area contributed by atoms with Crippen LogP contribution in [0.1, 0.15) is 47.0 Å². The van der Waals surface area contributed by atoms with E-state index in [0.717, 1.165) is 6.42 Å². The molecule has 2 unspecified atom stereocenters. The van der Waals surface area contributed by atoms with Crippen molar-refractivity contribution in [2.24, 2.45) is 11.3 Å². The third-order valence-corrected chi connectivity index (χ3v) is 3.50. The van der Waals surface area contributed by atoms with Crippen LogP contribution in [0.15, 0.2) is 12.3 Å². The van der Waals surface area contributed by atoms with E-state index in [1.54, 1.807) is 0 Å². The molecule has 1 fully saturated rings. The molecule has 26 heavy (non-hydrogen) atoms. The van der Waals surface area contributed by atoms with Crippen LogP contribution in [0.4, 0.5) is 4.79 Å². The molecular formula is C16H26O10. The van der Waals surface area contributed by atoms with E-state index in [1.165, 1.54) is 0 Å². The quantitative estimate of drug-likeness (QED) is 0.215. The zero-order chi connectivity index (χ0) is 20.3. The molecule has 0 amide bonds. The van der Waals surface area contributed by atoms with Gasteiger partial charge in [0.15, 0.2) is 0 Å². The minimum Gasteiger partial charge on any atom is -0.376 e. The fourth-order valence-electron chi connectivity index (χ4n) is 2.53. The molecule has 0 spiro atoms. The third kappa shape index (κ3) is 6.89. The minimum absolute atomic E-state index is 0.0417. The normalized spacial score (nSPS) is 19.9. The molecule has 2 atom stereocenters. The van der Waals surface area contributed by atoms with Crippen molar-refractivity contribution in [1.82, 2.24) is 0 Å². The Balaban J connectivity index is 2.54. The van der Waals surface area contributed by atoms with E-state index in [2.05, 4.69) is 25.8 Å². The Bertz CT molecular complexity index is 546. The Morgan fingerprint density at radius 3 is 2.27 bits per heavy atom. The first kappa shape index (κ1) is 22.3. The topological polar surface area (TPSA) is 152 Å². The molecule has 0 saturated carbocycles. The SMILES string of the molecule is C=C1OOC(C(O)(O)OC(=O)OC(O)(O)CCC(C)CC(C)(C)C)C1=O. The average molecular weight is 378 g/mol. The highest BCUT2D eigenvalue weighted by molar-refractivity contribution is 5.98. The Hall–Kier alpha value is -1.72. The lowest BCUT2D eigenvalue weighted by Crippen LogP contribution is -2.50. The monoisotopic (exact) mass is 378 g/mol. The fourth-order valence-corrected chi connectivity index (χ4v) is 2.53. The van der Waals surface area contributed by atoms with Crippen molar-refractivity contribution in [3.05, 3.63) is 12.3 Å². The summed E-state index contributed by atoms with van der Waals surface area (Å²) < 4.78 is 8.40. The van der Waals surface area contributed by atoms with Gasteiger partial charge in [-0.2, -0.15) is 4.89 Å². The molecule has 10 heteroatoms. The van der Waals surface area contributed by atoms with Crippen LogP contribution in [0.25, 0.3) is 0 Å². The van der Waals surface area contributed by atoms with Crippen LogP contribution in [0, 0.1) is 11.3 Å². The molecule has 1 heterocycles. The van der Waals surface area contributed by atoms with Crippen LogP contribution in [-0.4, -0.2) is 50.4 Å². The van der Waals surface area contributed by atoms with E-state index >= 15 is 0 Å². The summed E-state index contributed by atoms with van der Waals surface area (Å²) in [6, 6.07) is 0. The Labute approximate surface area is 150 Å². The maximum absolute atomic E-state index is 11.6. The molecular weight excluding hydrogens is 352 g/mol. The van der Waals surface area contributed by atoms with E-state index in [1.807, 2.05) is 27.7 Å². The Morgan fingerprint density at radius 2 is 1.81 bits per heavy atom. The van der Waals surface area contributed by atoms with Gasteiger partial charge >= 0.3 is 18.1 Å². The standard InChI is InChI=1S/C16H26O10/c1-9(8-14(3,4)5)6-7-15(19,20)23-13(18)24-16(21,22)12-11(17)10(2)25-26-12/h9,12,19-22H,2,6-8H2,1,3-5H3. The first-order chi connectivity index (χ1) is 11.6. The van der Waals surface area contributed by atoms with Crippen molar-refractivity contribution in [1.29, 1.82) is 0 Å². The zero-order valence-electron chi connectivity index (χ0n) is 15.2. The maximum atomic E-state index is 11.6. The van der Waals surface area contributed by atoms with Gasteiger partial charge in [0.1, 0.15) is 0 Å². The highest BCUT2D eigenvalue weighted by Gasteiger charge is 2.53. The van der Waals surface area contributed by atoms with Crippen molar-refractivity contribution < 1.29 is 49.3 Å². The van der Waals surface area contributed by atoms with Crippen LogP contribution < -0.4 is 0 Å². The van der Waals surface area contributed by atoms with Gasteiger partial charge in [-0.05, 0) is 30.8 Å². The van der Waals surface area contributed by atoms with Crippen molar-refractivity contribution in [3.63, 3.8) is 0 Å². The average Bonchev–Trinajstić information content (AvgIpc) is 2.74. The van der Waals surface area contributed by atoms with Crippen molar-refractivity contribution in [3.8, 4) is 0 Å². The number of ketones is 1. The highest BCUT2D eigenvalue weighted by atomic mass is 17.2. The van der Waals surface area contributed by atoms with Gasteiger partial charge < -0.3 is 34.8 Å². The van der Waals surface area contributed by atoms with E-state index in [-0.39, 0.29) is 17.8 Å². The summed E-state index contributed by atoms with van der Waals surface area (Å²) in [4.78, 5) is 31.6. The van der Waals surface area contributed by atoms with Gasteiger partial charge in [0.2, 0.25) is 11.5 Å². The van der Waals surface area contributed by atoms with Crippen LogP contribution in [0.3, 0.4) is 0 Å². The molecule has 1 aliphatic rings. The van der Waals surface area contributed by atoms with Crippen molar-refractivity contribution in [2.45, 2.75) is 65.0 Å². The number of carbonyl (C=O) groups is 2. The van der Waals surface area contributed by atoms with E-state index < -0.39 is 35.7 Å². The predicted molar refractivity (Wildman–Crippen MR) is 84.5 cm³/mol. The number of carbonyl (C=O) groups excluding carboxylic acids is 2. The highest BCUT2D eigenvalue weighted by Crippen LogP contribution is 2.29. The molecule has 150 valence electrons. The van der Waals surface area contributed by atoms with E-state index in [4.69, 9.17) is 0 Å². The number of aliphatic hydroxyl groups is 4. The number of hydrogen-bond acceptors (Lipinski definition) is 10. The number of hydrogen-bond donors (Lipinski definition) is 4. The number of rotatable bonds is 7. The van der Waals surface area contributed by atoms with Gasteiger partial charge in [0.25, 0.3) is 6.10 Å². The molecule has 0 bridgehead atoms. The molecule has 0 aromatic rings. The second kappa shape index (κ2) is 7.89. The molecule has 0 radical (unpaired) electrons. The summed E-state index contributed by atoms with van der Waals surface area (Å²) in [6.45, 7) is 11.1. The van der Waals surface area contributed by atoms with Gasteiger partial charge in [-0.25, -0.2) is 4.79 Å². The third-order valence-electron chi connectivity index (χ3n) is 3.50. The molecule has 0 aromatic carbocycles. The molecule has 0 aromatic heterocycles. The summed E-state index contributed by atoms with van der Waals surface area (Å²) in [6.07, 6.45) is -3.16. The van der Waals surface area contributed by atoms with Crippen LogP contribution in [0.2, 0.25) is 0 Å². The van der Waals surface area contributed by atoms with E-state index in [0.29, 0.717) is 6.42 Å². The molecule has 1 aliphatic heterocycles. The van der Waals surface area contributed by atoms with E-state index in [9.17, 15) is 30.0 Å². The first-order valence-corrected chi connectivity index (χ1v) is 8.01. The molecule has 0 aliphatic carbocycles. The summed E-state index contributed by atoms with van der Waals surface area (Å²) in [7, 11) is 0. The predicted octanol–water partition coefficient (Wildman–Crippen LogP) is 0.682. The molecule has 1 saturated heterocycles. The second-order valence-electron chi connectivity index (χ2n) is 7.61. The number of Topliss-reactive ketones (excluding diaryl/α,β-unsaturated/α-hetero) is 1. The first-order valence-electron chi connectivity index (χ1n) is 8.01. The Kier molecular flexibility index (Phi) is 6.77. The lowest BCUT2D eigenvalue weighted by Gasteiger charge is -2.28. The fraction of sp³-hybridized carbons (Fsp3) is 0.750. The van der Waals surface area contributed by atoms with Gasteiger partial charge in [-0.3, -0.25) is 4.79 Å². The zero-order valence-corrected chi connectivity index (χ0v) is 15.2.